The van der Waals surface area contributed by atoms with E-state index in [4.69, 9.17) is 21.7 Å². The number of ether oxygens (including phenoxy) is 2. The van der Waals surface area contributed by atoms with Crippen LogP contribution in [0.4, 0.5) is 16.2 Å². The highest BCUT2D eigenvalue weighted by molar-refractivity contribution is 7.99. The van der Waals surface area contributed by atoms with Crippen LogP contribution in [0.15, 0.2) is 24.3 Å². The highest BCUT2D eigenvalue weighted by atomic mass is 32.2. The van der Waals surface area contributed by atoms with Crippen molar-refractivity contribution in [3.8, 4) is 0 Å². The zero-order chi connectivity index (χ0) is 17.6. The van der Waals surface area contributed by atoms with Crippen molar-refractivity contribution >= 4 is 46.6 Å². The molecule has 2 fully saturated rings. The minimum Gasteiger partial charge on any atom is -0.474 e. The lowest BCUT2D eigenvalue weighted by atomic mass is 10.2. The van der Waals surface area contributed by atoms with Gasteiger partial charge in [-0.05, 0) is 48.7 Å². The lowest BCUT2D eigenvalue weighted by Crippen LogP contribution is -2.34. The Balaban J connectivity index is 1.60. The Labute approximate surface area is 157 Å². The van der Waals surface area contributed by atoms with Crippen LogP contribution in [0.3, 0.4) is 0 Å². The summed E-state index contributed by atoms with van der Waals surface area (Å²) in [6, 6.07) is 8.16. The predicted molar refractivity (Wildman–Crippen MR) is 106 cm³/mol. The van der Waals surface area contributed by atoms with Crippen molar-refractivity contribution in [3.63, 3.8) is 0 Å². The third kappa shape index (κ3) is 4.70. The van der Waals surface area contributed by atoms with E-state index >= 15 is 0 Å². The normalized spacial score (nSPS) is 20.8. The molecule has 1 amide bonds. The van der Waals surface area contributed by atoms with E-state index in [9.17, 15) is 4.79 Å². The van der Waals surface area contributed by atoms with Crippen LogP contribution in [0.1, 0.15) is 6.42 Å². The van der Waals surface area contributed by atoms with Gasteiger partial charge >= 0.3 is 6.09 Å². The summed E-state index contributed by atoms with van der Waals surface area (Å²) < 4.78 is 10.3. The van der Waals surface area contributed by atoms with E-state index in [2.05, 4.69) is 22.3 Å². The summed E-state index contributed by atoms with van der Waals surface area (Å²) in [4.78, 5) is 16.2. The number of thiocarbonyl (C=S) groups is 1. The molecule has 2 aliphatic rings. The van der Waals surface area contributed by atoms with Gasteiger partial charge in [0.2, 0.25) is 0 Å². The first-order chi connectivity index (χ1) is 12.2. The Bertz CT molecular complexity index is 604. The largest absolute Gasteiger partial charge is 0.474 e. The van der Waals surface area contributed by atoms with Crippen LogP contribution in [0.2, 0.25) is 0 Å². The van der Waals surface area contributed by atoms with Crippen LogP contribution in [0.5, 0.6) is 0 Å². The second kappa shape index (κ2) is 8.62. The summed E-state index contributed by atoms with van der Waals surface area (Å²) in [5.74, 6) is 2.40. The van der Waals surface area contributed by atoms with Crippen molar-refractivity contribution < 1.29 is 14.3 Å². The number of cyclic esters (lactones) is 1. The van der Waals surface area contributed by atoms with Gasteiger partial charge in [0.25, 0.3) is 5.17 Å². The van der Waals surface area contributed by atoms with Gasteiger partial charge in [0.05, 0.1) is 20.2 Å². The maximum Gasteiger partial charge on any atom is 0.414 e. The molecule has 8 heteroatoms. The van der Waals surface area contributed by atoms with Crippen LogP contribution in [-0.2, 0) is 9.47 Å². The maximum absolute atomic E-state index is 12.1. The van der Waals surface area contributed by atoms with Gasteiger partial charge in [-0.1, -0.05) is 0 Å². The van der Waals surface area contributed by atoms with Crippen LogP contribution < -0.4 is 15.1 Å². The standard InChI is InChI=1S/C17H23N3O3S2/c1-22-16(24)18-11-15-12-20(17(21)23-15)14-5-3-13(4-6-14)19-7-2-9-25-10-8-19/h3-6,15H,2,7-12H2,1H3,(H,18,24). The Morgan fingerprint density at radius 2 is 2.08 bits per heavy atom. The van der Waals surface area contributed by atoms with E-state index in [0.29, 0.717) is 18.3 Å². The molecule has 0 spiro atoms. The molecule has 2 heterocycles. The molecular formula is C17H23N3O3S2. The molecule has 1 N–H and O–H groups in total. The predicted octanol–water partition coefficient (Wildman–Crippen LogP) is 2.48. The molecule has 6 nitrogen and oxygen atoms in total. The molecule has 0 aromatic heterocycles. The van der Waals surface area contributed by atoms with Crippen molar-refractivity contribution in [1.82, 2.24) is 5.32 Å². The fraction of sp³-hybridized carbons (Fsp3) is 0.529. The lowest BCUT2D eigenvalue weighted by Gasteiger charge is -2.23. The lowest BCUT2D eigenvalue weighted by molar-refractivity contribution is 0.142. The van der Waals surface area contributed by atoms with Gasteiger partial charge in [0, 0.05) is 30.2 Å². The SMILES string of the molecule is COC(=S)NCC1CN(c2ccc(N3CCCSCC3)cc2)C(=O)O1. The number of nitrogens with one attached hydrogen (secondary N) is 1. The first-order valence-electron chi connectivity index (χ1n) is 8.40. The molecule has 3 rings (SSSR count). The summed E-state index contributed by atoms with van der Waals surface area (Å²) in [6.45, 7) is 3.10. The second-order valence-electron chi connectivity index (χ2n) is 5.96. The zero-order valence-electron chi connectivity index (χ0n) is 14.3. The van der Waals surface area contributed by atoms with Crippen molar-refractivity contribution in [3.05, 3.63) is 24.3 Å². The monoisotopic (exact) mass is 381 g/mol. The second-order valence-corrected chi connectivity index (χ2v) is 7.55. The highest BCUT2D eigenvalue weighted by Gasteiger charge is 2.32. The smallest absolute Gasteiger partial charge is 0.414 e. The number of hydrogen-bond donors (Lipinski definition) is 1. The number of carbonyl (C=O) groups excluding carboxylic acids is 1. The average Bonchev–Trinajstić information content (AvgIpc) is 2.84. The molecule has 2 aliphatic heterocycles. The molecule has 1 unspecified atom stereocenters. The molecule has 0 saturated carbocycles. The Hall–Kier alpha value is -1.67. The van der Waals surface area contributed by atoms with Gasteiger partial charge in [-0.3, -0.25) is 4.90 Å². The summed E-state index contributed by atoms with van der Waals surface area (Å²) in [5, 5.41) is 3.22. The summed E-state index contributed by atoms with van der Waals surface area (Å²) >= 11 is 6.95. The van der Waals surface area contributed by atoms with E-state index in [0.717, 1.165) is 24.5 Å². The molecule has 2 saturated heterocycles. The van der Waals surface area contributed by atoms with Gasteiger partial charge in [-0.15, -0.1) is 0 Å². The summed E-state index contributed by atoms with van der Waals surface area (Å²) in [6.07, 6.45) is 0.639. The molecule has 0 radical (unpaired) electrons. The quantitative estimate of drug-likeness (QED) is 0.804. The molecule has 25 heavy (non-hydrogen) atoms. The third-order valence-electron chi connectivity index (χ3n) is 4.28. The topological polar surface area (TPSA) is 54.0 Å². The number of amides is 1. The number of thioether (sulfide) groups is 1. The van der Waals surface area contributed by atoms with Crippen molar-refractivity contribution in [2.45, 2.75) is 12.5 Å². The molecular weight excluding hydrogens is 358 g/mol. The molecule has 1 aromatic carbocycles. The highest BCUT2D eigenvalue weighted by Crippen LogP contribution is 2.26. The first-order valence-corrected chi connectivity index (χ1v) is 9.96. The number of nitrogens with zero attached hydrogens (tertiary/aromatic N) is 2. The van der Waals surface area contributed by atoms with Crippen LogP contribution in [0, 0.1) is 0 Å². The number of methoxy groups -OCH3 is 1. The molecule has 0 bridgehead atoms. The van der Waals surface area contributed by atoms with Crippen LogP contribution >= 0.6 is 24.0 Å². The first kappa shape index (κ1) is 18.1. The van der Waals surface area contributed by atoms with Gasteiger partial charge < -0.3 is 19.7 Å². The fourth-order valence-corrected chi connectivity index (χ4v) is 3.93. The number of rotatable bonds is 4. The van der Waals surface area contributed by atoms with Gasteiger partial charge in [-0.2, -0.15) is 11.8 Å². The molecule has 0 aliphatic carbocycles. The Kier molecular flexibility index (Phi) is 6.25. The Morgan fingerprint density at radius 3 is 2.84 bits per heavy atom. The maximum atomic E-state index is 12.1. The van der Waals surface area contributed by atoms with E-state index in [-0.39, 0.29) is 12.2 Å². The van der Waals surface area contributed by atoms with Gasteiger partial charge in [0.15, 0.2) is 0 Å². The Morgan fingerprint density at radius 1 is 1.32 bits per heavy atom. The van der Waals surface area contributed by atoms with Crippen LogP contribution in [-0.4, -0.2) is 62.2 Å². The zero-order valence-corrected chi connectivity index (χ0v) is 15.9. The molecule has 136 valence electrons. The number of benzene rings is 1. The van der Waals surface area contributed by atoms with E-state index in [1.807, 2.05) is 23.9 Å². The van der Waals surface area contributed by atoms with E-state index in [1.165, 1.54) is 25.0 Å². The van der Waals surface area contributed by atoms with E-state index < -0.39 is 0 Å². The average molecular weight is 382 g/mol. The third-order valence-corrected chi connectivity index (χ3v) is 5.64. The number of carbonyl (C=O) groups is 1. The molecule has 1 atom stereocenters. The van der Waals surface area contributed by atoms with Gasteiger partial charge in [-0.25, -0.2) is 4.79 Å². The minimum absolute atomic E-state index is 0.247. The fourth-order valence-electron chi connectivity index (χ4n) is 2.96. The number of anilines is 2. The van der Waals surface area contributed by atoms with E-state index in [1.54, 1.807) is 4.90 Å². The van der Waals surface area contributed by atoms with Crippen molar-refractivity contribution in [2.75, 3.05) is 54.6 Å². The van der Waals surface area contributed by atoms with Crippen molar-refractivity contribution in [1.29, 1.82) is 0 Å². The number of hydrogen-bond acceptors (Lipinski definition) is 6. The van der Waals surface area contributed by atoms with Gasteiger partial charge in [0.1, 0.15) is 6.10 Å². The summed E-state index contributed by atoms with van der Waals surface area (Å²) in [7, 11) is 1.51. The minimum atomic E-state index is -0.325. The summed E-state index contributed by atoms with van der Waals surface area (Å²) in [5.41, 5.74) is 2.07. The molecule has 1 aromatic rings. The van der Waals surface area contributed by atoms with Crippen LogP contribution in [0.25, 0.3) is 0 Å². The van der Waals surface area contributed by atoms with Crippen molar-refractivity contribution in [2.24, 2.45) is 0 Å².